The van der Waals surface area contributed by atoms with Gasteiger partial charge < -0.3 is 0 Å². The Morgan fingerprint density at radius 2 is 0.977 bits per heavy atom. The lowest BCUT2D eigenvalue weighted by molar-refractivity contribution is 0.660. The van der Waals surface area contributed by atoms with Crippen LogP contribution in [0.3, 0.4) is 0 Å². The van der Waals surface area contributed by atoms with Crippen molar-refractivity contribution in [2.45, 2.75) is 26.2 Å². The Bertz CT molecular complexity index is 2430. The van der Waals surface area contributed by atoms with Crippen molar-refractivity contribution in [1.82, 2.24) is 4.98 Å². The Kier molecular flexibility index (Phi) is 5.23. The lowest BCUT2D eigenvalue weighted by Crippen LogP contribution is -2.14. The van der Waals surface area contributed by atoms with Gasteiger partial charge in [0, 0.05) is 21.8 Å². The topological polar surface area (TPSA) is 12.9 Å². The summed E-state index contributed by atoms with van der Waals surface area (Å²) in [5.41, 5.74) is 13.9. The van der Waals surface area contributed by atoms with Crippen LogP contribution in [0.2, 0.25) is 0 Å². The van der Waals surface area contributed by atoms with Gasteiger partial charge in [0.2, 0.25) is 0 Å². The largest absolute Gasteiger partial charge is 0.248 e. The van der Waals surface area contributed by atoms with Crippen molar-refractivity contribution in [3.63, 3.8) is 0 Å². The smallest absolute Gasteiger partial charge is 0.0715 e. The first-order valence-corrected chi connectivity index (χ1v) is 15.5. The molecule has 0 amide bonds. The van der Waals surface area contributed by atoms with E-state index in [1.54, 1.807) is 0 Å². The van der Waals surface area contributed by atoms with Crippen LogP contribution in [0.4, 0.5) is 0 Å². The number of aryl methyl sites for hydroxylation is 1. The van der Waals surface area contributed by atoms with Gasteiger partial charge in [-0.15, -0.1) is 0 Å². The molecule has 9 rings (SSSR count). The minimum atomic E-state index is -0.0573. The van der Waals surface area contributed by atoms with Crippen LogP contribution in [0, 0.1) is 6.92 Å². The van der Waals surface area contributed by atoms with Gasteiger partial charge in [0.15, 0.2) is 0 Å². The fourth-order valence-electron chi connectivity index (χ4n) is 7.84. The van der Waals surface area contributed by atoms with Crippen LogP contribution < -0.4 is 0 Å². The van der Waals surface area contributed by atoms with E-state index < -0.39 is 0 Å². The number of aromatic nitrogens is 1. The summed E-state index contributed by atoms with van der Waals surface area (Å²) in [6.07, 6.45) is 0. The Balaban J connectivity index is 1.43. The third-order valence-corrected chi connectivity index (χ3v) is 9.89. The minimum Gasteiger partial charge on any atom is -0.248 e. The fraction of sp³-hybridized carbons (Fsp3) is 0.0930. The normalized spacial score (nSPS) is 13.5. The van der Waals surface area contributed by atoms with E-state index in [0.29, 0.717) is 0 Å². The predicted octanol–water partition coefficient (Wildman–Crippen LogP) is 11.6. The number of benzene rings is 7. The molecule has 8 aromatic rings. The zero-order valence-electron chi connectivity index (χ0n) is 25.1. The third kappa shape index (κ3) is 3.44. The maximum atomic E-state index is 5.07. The van der Waals surface area contributed by atoms with Gasteiger partial charge in [0.05, 0.1) is 11.0 Å². The molecular formula is C43H31N. The molecule has 0 bridgehead atoms. The van der Waals surface area contributed by atoms with Gasteiger partial charge in [0.1, 0.15) is 0 Å². The molecule has 1 heteroatoms. The van der Waals surface area contributed by atoms with Crippen molar-refractivity contribution in [3.8, 4) is 33.4 Å². The van der Waals surface area contributed by atoms with Crippen molar-refractivity contribution in [2.75, 3.05) is 0 Å². The Morgan fingerprint density at radius 3 is 1.70 bits per heavy atom. The average molecular weight is 562 g/mol. The van der Waals surface area contributed by atoms with Crippen molar-refractivity contribution >= 4 is 43.4 Å². The quantitative estimate of drug-likeness (QED) is 0.191. The molecule has 208 valence electrons. The fourth-order valence-corrected chi connectivity index (χ4v) is 7.84. The third-order valence-electron chi connectivity index (χ3n) is 9.89. The Morgan fingerprint density at radius 1 is 0.432 bits per heavy atom. The highest BCUT2D eigenvalue weighted by Gasteiger charge is 2.35. The van der Waals surface area contributed by atoms with Gasteiger partial charge >= 0.3 is 0 Å². The van der Waals surface area contributed by atoms with E-state index in [2.05, 4.69) is 154 Å². The van der Waals surface area contributed by atoms with E-state index in [1.807, 2.05) is 0 Å². The summed E-state index contributed by atoms with van der Waals surface area (Å²) in [7, 11) is 0. The molecule has 0 saturated carbocycles. The molecule has 0 fully saturated rings. The number of rotatable bonds is 2. The van der Waals surface area contributed by atoms with Crippen LogP contribution in [0.5, 0.6) is 0 Å². The lowest BCUT2D eigenvalue weighted by atomic mass is 9.80. The first-order valence-electron chi connectivity index (χ1n) is 15.5. The van der Waals surface area contributed by atoms with Crippen molar-refractivity contribution in [2.24, 2.45) is 0 Å². The molecule has 0 aliphatic heterocycles. The second kappa shape index (κ2) is 9.11. The van der Waals surface area contributed by atoms with Gasteiger partial charge in [0.25, 0.3) is 0 Å². The Hall–Kier alpha value is -5.27. The van der Waals surface area contributed by atoms with Crippen molar-refractivity contribution < 1.29 is 0 Å². The molecule has 1 aliphatic carbocycles. The summed E-state index contributed by atoms with van der Waals surface area (Å²) < 4.78 is 0. The standard InChI is InChI=1S/C43H31N/c1-26-20-22-32-35(24-26)40(27-21-23-29-28-12-6-9-17-36(28)43(2,3)37(29)25-27)30-13-4-5-14-31(30)41(32)42-33-15-7-10-18-38(33)44-39-19-11-8-16-34(39)42/h4-25H,1-3H3. The summed E-state index contributed by atoms with van der Waals surface area (Å²) in [6.45, 7) is 6.94. The molecule has 1 nitrogen and oxygen atoms in total. The summed E-state index contributed by atoms with van der Waals surface area (Å²) in [5, 5.41) is 7.47. The number of fused-ring (bicyclic) bond motifs is 7. The highest BCUT2D eigenvalue weighted by molar-refractivity contribution is 6.26. The Labute approximate surface area is 257 Å². The summed E-state index contributed by atoms with van der Waals surface area (Å²) in [5.74, 6) is 0. The molecule has 0 saturated heterocycles. The molecule has 0 N–H and O–H groups in total. The number of hydrogen-bond donors (Lipinski definition) is 0. The number of hydrogen-bond acceptors (Lipinski definition) is 1. The number of para-hydroxylation sites is 2. The van der Waals surface area contributed by atoms with E-state index in [1.165, 1.54) is 82.4 Å². The summed E-state index contributed by atoms with van der Waals surface area (Å²) >= 11 is 0. The molecule has 1 aromatic heterocycles. The number of pyridine rings is 1. The van der Waals surface area contributed by atoms with E-state index >= 15 is 0 Å². The van der Waals surface area contributed by atoms with E-state index in [9.17, 15) is 0 Å². The van der Waals surface area contributed by atoms with Crippen LogP contribution in [0.15, 0.2) is 133 Å². The van der Waals surface area contributed by atoms with Gasteiger partial charge in [-0.1, -0.05) is 135 Å². The zero-order valence-corrected chi connectivity index (χ0v) is 25.1. The van der Waals surface area contributed by atoms with Gasteiger partial charge in [-0.2, -0.15) is 0 Å². The van der Waals surface area contributed by atoms with E-state index in [-0.39, 0.29) is 5.41 Å². The maximum Gasteiger partial charge on any atom is 0.0715 e. The molecule has 0 radical (unpaired) electrons. The average Bonchev–Trinajstić information content (AvgIpc) is 3.28. The lowest BCUT2D eigenvalue weighted by Gasteiger charge is -2.23. The summed E-state index contributed by atoms with van der Waals surface area (Å²) in [4.78, 5) is 5.07. The zero-order chi connectivity index (χ0) is 29.6. The van der Waals surface area contributed by atoms with E-state index in [0.717, 1.165) is 11.0 Å². The first-order chi connectivity index (χ1) is 21.5. The predicted molar refractivity (Wildman–Crippen MR) is 187 cm³/mol. The number of nitrogens with zero attached hydrogens (tertiary/aromatic N) is 1. The molecule has 1 heterocycles. The van der Waals surface area contributed by atoms with E-state index in [4.69, 9.17) is 4.98 Å². The van der Waals surface area contributed by atoms with Crippen molar-refractivity contribution in [3.05, 3.63) is 150 Å². The SMILES string of the molecule is Cc1ccc2c(-c3c4ccccc4nc4ccccc34)c3ccccc3c(-c3ccc4c(c3)C(C)(C)c3ccccc3-4)c2c1. The van der Waals surface area contributed by atoms with Gasteiger partial charge in [-0.3, -0.25) is 0 Å². The van der Waals surface area contributed by atoms with Gasteiger partial charge in [-0.05, 0) is 85.6 Å². The molecule has 7 aromatic carbocycles. The molecule has 0 atom stereocenters. The highest BCUT2D eigenvalue weighted by atomic mass is 14.7. The second-order valence-corrected chi connectivity index (χ2v) is 12.8. The van der Waals surface area contributed by atoms with Crippen LogP contribution >= 0.6 is 0 Å². The molecule has 44 heavy (non-hydrogen) atoms. The van der Waals surface area contributed by atoms with Crippen molar-refractivity contribution in [1.29, 1.82) is 0 Å². The first kappa shape index (κ1) is 25.2. The molecule has 0 spiro atoms. The highest BCUT2D eigenvalue weighted by Crippen LogP contribution is 2.52. The maximum absolute atomic E-state index is 5.07. The minimum absolute atomic E-state index is 0.0573. The molecular weight excluding hydrogens is 530 g/mol. The van der Waals surface area contributed by atoms with Crippen LogP contribution in [0.1, 0.15) is 30.5 Å². The molecule has 0 unspecified atom stereocenters. The molecule has 1 aliphatic rings. The monoisotopic (exact) mass is 561 g/mol. The van der Waals surface area contributed by atoms with Crippen LogP contribution in [0.25, 0.3) is 76.7 Å². The van der Waals surface area contributed by atoms with Gasteiger partial charge in [-0.25, -0.2) is 4.98 Å². The van der Waals surface area contributed by atoms with Crippen LogP contribution in [-0.4, -0.2) is 4.98 Å². The summed E-state index contributed by atoms with van der Waals surface area (Å²) in [6, 6.07) is 49.2. The van der Waals surface area contributed by atoms with Crippen LogP contribution in [-0.2, 0) is 5.41 Å². The second-order valence-electron chi connectivity index (χ2n) is 12.8.